The molecule has 8 nitrogen and oxygen atoms in total. The number of halogens is 1. The molecule has 3 aromatic heterocycles. The molecule has 150 valence electrons. The zero-order chi connectivity index (χ0) is 20.0. The fourth-order valence-corrected chi connectivity index (χ4v) is 4.12. The van der Waals surface area contributed by atoms with Crippen molar-refractivity contribution in [2.24, 2.45) is 5.92 Å². The number of amides is 1. The van der Waals surface area contributed by atoms with E-state index in [1.54, 1.807) is 18.3 Å². The minimum absolute atomic E-state index is 0.0130. The van der Waals surface area contributed by atoms with Gasteiger partial charge in [-0.1, -0.05) is 11.6 Å². The van der Waals surface area contributed by atoms with Crippen LogP contribution in [-0.4, -0.2) is 32.3 Å². The molecule has 2 fully saturated rings. The van der Waals surface area contributed by atoms with Gasteiger partial charge in [-0.15, -0.1) is 0 Å². The molecule has 0 aromatic carbocycles. The standard InChI is InChI=1S/C20H21ClN6O2/c21-16-5-11-6-17(23-9-15(11)19(22)25-16)26-20(28)14-7-13(14)12-8-24-27(10-12)18-3-1-2-4-29-18/h5-6,8-10,13-14,18H,1-4,7H2,(H2,22,25)(H,23,26,28). The van der Waals surface area contributed by atoms with Gasteiger partial charge in [0.2, 0.25) is 5.91 Å². The van der Waals surface area contributed by atoms with Crippen molar-refractivity contribution >= 4 is 39.9 Å². The lowest BCUT2D eigenvalue weighted by Crippen LogP contribution is -2.18. The van der Waals surface area contributed by atoms with Crippen LogP contribution in [0.3, 0.4) is 0 Å². The Balaban J connectivity index is 1.26. The molecule has 4 heterocycles. The van der Waals surface area contributed by atoms with E-state index < -0.39 is 0 Å². The zero-order valence-electron chi connectivity index (χ0n) is 15.7. The van der Waals surface area contributed by atoms with Crippen molar-refractivity contribution in [1.82, 2.24) is 19.7 Å². The summed E-state index contributed by atoms with van der Waals surface area (Å²) < 4.78 is 7.66. The second-order valence-electron chi connectivity index (χ2n) is 7.63. The van der Waals surface area contributed by atoms with E-state index in [0.717, 1.165) is 43.2 Å². The van der Waals surface area contributed by atoms with Crippen LogP contribution in [0.1, 0.15) is 43.4 Å². The molecule has 1 aliphatic heterocycles. The lowest BCUT2D eigenvalue weighted by molar-refractivity contribution is -0.117. The Morgan fingerprint density at radius 3 is 3.03 bits per heavy atom. The quantitative estimate of drug-likeness (QED) is 0.635. The molecule has 3 unspecified atom stereocenters. The predicted octanol–water partition coefficient (Wildman–Crippen LogP) is 3.50. The molecule has 1 amide bonds. The number of nitrogens with one attached hydrogen (secondary N) is 1. The molecule has 2 aliphatic rings. The van der Waals surface area contributed by atoms with E-state index in [4.69, 9.17) is 22.1 Å². The fourth-order valence-electron chi connectivity index (χ4n) is 3.91. The van der Waals surface area contributed by atoms with Crippen molar-refractivity contribution in [3.63, 3.8) is 0 Å². The summed E-state index contributed by atoms with van der Waals surface area (Å²) in [6, 6.07) is 3.46. The van der Waals surface area contributed by atoms with Crippen LogP contribution in [-0.2, 0) is 9.53 Å². The maximum atomic E-state index is 12.7. The Morgan fingerprint density at radius 1 is 1.31 bits per heavy atom. The monoisotopic (exact) mass is 412 g/mol. The smallest absolute Gasteiger partial charge is 0.229 e. The number of carbonyl (C=O) groups excluding carboxylic acids is 1. The summed E-state index contributed by atoms with van der Waals surface area (Å²) in [5, 5.41) is 9.14. The van der Waals surface area contributed by atoms with Crippen LogP contribution >= 0.6 is 11.6 Å². The number of nitrogens with two attached hydrogens (primary N) is 1. The van der Waals surface area contributed by atoms with Gasteiger partial charge in [0.25, 0.3) is 0 Å². The Hall–Kier alpha value is -2.71. The van der Waals surface area contributed by atoms with Crippen LogP contribution in [0.4, 0.5) is 11.6 Å². The van der Waals surface area contributed by atoms with Crippen LogP contribution in [0.15, 0.2) is 30.7 Å². The third-order valence-electron chi connectivity index (χ3n) is 5.59. The SMILES string of the molecule is Nc1nc(Cl)cc2cc(NC(=O)C3CC3c3cnn(C4CCCCO4)c3)ncc12. The topological polar surface area (TPSA) is 108 Å². The molecule has 3 aromatic rings. The number of carbonyl (C=O) groups is 1. The summed E-state index contributed by atoms with van der Waals surface area (Å²) in [6.45, 7) is 0.778. The molecule has 3 N–H and O–H groups in total. The molecular formula is C20H21ClN6O2. The summed E-state index contributed by atoms with van der Waals surface area (Å²) in [4.78, 5) is 21.0. The van der Waals surface area contributed by atoms with Crippen LogP contribution < -0.4 is 11.1 Å². The number of rotatable bonds is 4. The van der Waals surface area contributed by atoms with Gasteiger partial charge in [-0.3, -0.25) is 4.79 Å². The Kier molecular flexibility index (Phi) is 4.60. The highest BCUT2D eigenvalue weighted by molar-refractivity contribution is 6.30. The molecule has 1 aliphatic carbocycles. The second kappa shape index (κ2) is 7.27. The highest BCUT2D eigenvalue weighted by Crippen LogP contribution is 2.48. The summed E-state index contributed by atoms with van der Waals surface area (Å²) in [7, 11) is 0. The third-order valence-corrected chi connectivity index (χ3v) is 5.79. The average Bonchev–Trinajstić information content (AvgIpc) is 3.37. The van der Waals surface area contributed by atoms with Crippen molar-refractivity contribution < 1.29 is 9.53 Å². The van der Waals surface area contributed by atoms with Gasteiger partial charge in [-0.25, -0.2) is 14.6 Å². The molecule has 29 heavy (non-hydrogen) atoms. The van der Waals surface area contributed by atoms with Crippen molar-refractivity contribution in [3.8, 4) is 0 Å². The minimum atomic E-state index is -0.0801. The first-order valence-electron chi connectivity index (χ1n) is 9.77. The maximum absolute atomic E-state index is 12.7. The molecule has 1 saturated heterocycles. The van der Waals surface area contributed by atoms with Crippen molar-refractivity contribution in [2.45, 2.75) is 37.8 Å². The van der Waals surface area contributed by atoms with Gasteiger partial charge in [0.15, 0.2) is 0 Å². The van der Waals surface area contributed by atoms with Gasteiger partial charge in [-0.05, 0) is 54.7 Å². The highest BCUT2D eigenvalue weighted by atomic mass is 35.5. The van der Waals surface area contributed by atoms with E-state index in [2.05, 4.69) is 20.4 Å². The molecule has 1 saturated carbocycles. The molecule has 0 bridgehead atoms. The van der Waals surface area contributed by atoms with Crippen LogP contribution in [0.5, 0.6) is 0 Å². The number of ether oxygens (including phenoxy) is 1. The number of anilines is 2. The second-order valence-corrected chi connectivity index (χ2v) is 8.02. The van der Waals surface area contributed by atoms with Gasteiger partial charge >= 0.3 is 0 Å². The lowest BCUT2D eigenvalue weighted by atomic mass is 10.1. The van der Waals surface area contributed by atoms with E-state index in [1.165, 1.54) is 0 Å². The number of hydrogen-bond acceptors (Lipinski definition) is 6. The summed E-state index contributed by atoms with van der Waals surface area (Å²) in [5.41, 5.74) is 6.95. The highest BCUT2D eigenvalue weighted by Gasteiger charge is 2.45. The number of pyridine rings is 2. The van der Waals surface area contributed by atoms with Crippen molar-refractivity contribution in [1.29, 1.82) is 0 Å². The average molecular weight is 413 g/mol. The summed E-state index contributed by atoms with van der Waals surface area (Å²) in [5.74, 6) is 0.849. The molecule has 0 radical (unpaired) electrons. The van der Waals surface area contributed by atoms with E-state index in [1.807, 2.05) is 17.1 Å². The number of nitrogen functional groups attached to an aromatic ring is 1. The van der Waals surface area contributed by atoms with Gasteiger partial charge in [0, 0.05) is 30.3 Å². The summed E-state index contributed by atoms with van der Waals surface area (Å²) >= 11 is 5.97. The van der Waals surface area contributed by atoms with Gasteiger partial charge in [0.1, 0.15) is 23.0 Å². The number of nitrogens with zero attached hydrogens (tertiary/aromatic N) is 4. The van der Waals surface area contributed by atoms with Gasteiger partial charge < -0.3 is 15.8 Å². The first-order valence-corrected chi connectivity index (χ1v) is 10.1. The molecule has 0 spiro atoms. The van der Waals surface area contributed by atoms with Gasteiger partial charge in [-0.2, -0.15) is 5.10 Å². The number of fused-ring (bicyclic) bond motifs is 1. The Bertz CT molecular complexity index is 1080. The van der Waals surface area contributed by atoms with Crippen LogP contribution in [0.25, 0.3) is 10.8 Å². The van der Waals surface area contributed by atoms with Crippen LogP contribution in [0.2, 0.25) is 5.15 Å². The van der Waals surface area contributed by atoms with Gasteiger partial charge in [0.05, 0.1) is 6.20 Å². The van der Waals surface area contributed by atoms with Crippen LogP contribution in [0, 0.1) is 5.92 Å². The van der Waals surface area contributed by atoms with Crippen molar-refractivity contribution in [3.05, 3.63) is 41.4 Å². The van der Waals surface area contributed by atoms with Crippen molar-refractivity contribution in [2.75, 3.05) is 17.7 Å². The Labute approximate surface area is 172 Å². The van der Waals surface area contributed by atoms with E-state index in [0.29, 0.717) is 22.2 Å². The maximum Gasteiger partial charge on any atom is 0.229 e. The molecule has 9 heteroatoms. The molecule has 3 atom stereocenters. The number of hydrogen-bond donors (Lipinski definition) is 2. The summed E-state index contributed by atoms with van der Waals surface area (Å²) in [6.07, 6.45) is 9.52. The first-order chi connectivity index (χ1) is 14.1. The normalized spacial score (nSPS) is 23.8. The fraction of sp³-hybridized carbons (Fsp3) is 0.400. The predicted molar refractivity (Wildman–Crippen MR) is 110 cm³/mol. The third kappa shape index (κ3) is 3.65. The number of aromatic nitrogens is 4. The van der Waals surface area contributed by atoms with E-state index in [9.17, 15) is 4.79 Å². The zero-order valence-corrected chi connectivity index (χ0v) is 16.5. The molecule has 5 rings (SSSR count). The molecular weight excluding hydrogens is 392 g/mol. The van der Waals surface area contributed by atoms with E-state index >= 15 is 0 Å². The largest absolute Gasteiger partial charge is 0.383 e. The minimum Gasteiger partial charge on any atom is -0.383 e. The van der Waals surface area contributed by atoms with E-state index in [-0.39, 0.29) is 24.0 Å². The first kappa shape index (κ1) is 18.3. The Morgan fingerprint density at radius 2 is 2.21 bits per heavy atom. The lowest BCUT2D eigenvalue weighted by Gasteiger charge is -2.22.